The average Bonchev–Trinajstić information content (AvgIpc) is 2.27. The smallest absolute Gasteiger partial charge is 0.414 e. The number of rotatable bonds is 0. The normalized spacial score (nSPS) is 14.2. The van der Waals surface area contributed by atoms with E-state index in [2.05, 4.69) is 5.32 Å². The molecule has 0 atom stereocenters. The Bertz CT molecular complexity index is 352. The van der Waals surface area contributed by atoms with Crippen LogP contribution >= 0.6 is 0 Å². The summed E-state index contributed by atoms with van der Waals surface area (Å²) < 4.78 is 4.71. The van der Waals surface area contributed by atoms with Crippen LogP contribution in [0.15, 0.2) is 24.3 Å². The molecule has 0 radical (unpaired) electrons. The molecule has 0 fully saturated rings. The van der Waals surface area contributed by atoms with E-state index in [-0.39, 0.29) is 6.09 Å². The van der Waals surface area contributed by atoms with Crippen molar-refractivity contribution in [2.24, 2.45) is 0 Å². The average molecular weight is 192 g/mol. The largest absolute Gasteiger partial charge is 0.452 e. The summed E-state index contributed by atoms with van der Waals surface area (Å²) in [4.78, 5) is 13.0. The molecule has 4 heteroatoms. The Morgan fingerprint density at radius 1 is 1.50 bits per heavy atom. The first kappa shape index (κ1) is 8.87. The quantitative estimate of drug-likeness (QED) is 0.680. The van der Waals surface area contributed by atoms with Gasteiger partial charge in [-0.25, -0.2) is 4.79 Å². The first-order valence-corrected chi connectivity index (χ1v) is 4.51. The lowest BCUT2D eigenvalue weighted by Gasteiger charge is -2.28. The maximum atomic E-state index is 11.4. The fourth-order valence-electron chi connectivity index (χ4n) is 1.58. The monoisotopic (exact) mass is 192 g/mol. The lowest BCUT2D eigenvalue weighted by atomic mass is 10.2. The molecule has 1 aromatic carbocycles. The molecular weight excluding hydrogens is 180 g/mol. The first-order valence-electron chi connectivity index (χ1n) is 4.51. The Labute approximate surface area is 82.5 Å². The summed E-state index contributed by atoms with van der Waals surface area (Å²) in [5.74, 6) is 0. The molecule has 1 N–H and O–H groups in total. The second-order valence-corrected chi connectivity index (χ2v) is 3.07. The van der Waals surface area contributed by atoms with Gasteiger partial charge in [0.1, 0.15) is 0 Å². The van der Waals surface area contributed by atoms with Gasteiger partial charge in [0, 0.05) is 13.1 Å². The summed E-state index contributed by atoms with van der Waals surface area (Å²) in [7, 11) is 1.40. The Balaban J connectivity index is 2.35. The van der Waals surface area contributed by atoms with Gasteiger partial charge in [-0.05, 0) is 12.1 Å². The molecular formula is C10H12N2O2. The van der Waals surface area contributed by atoms with Crippen LogP contribution in [0, 0.1) is 0 Å². The number of ether oxygens (including phenoxy) is 1. The molecule has 4 nitrogen and oxygen atoms in total. The molecule has 1 aromatic rings. The van der Waals surface area contributed by atoms with Crippen LogP contribution in [-0.4, -0.2) is 26.3 Å². The van der Waals surface area contributed by atoms with Crippen molar-refractivity contribution >= 4 is 17.5 Å². The number of amides is 1. The van der Waals surface area contributed by atoms with Crippen LogP contribution in [0.3, 0.4) is 0 Å². The molecule has 2 rings (SSSR count). The lowest BCUT2D eigenvalue weighted by Crippen LogP contribution is -2.38. The highest BCUT2D eigenvalue weighted by Crippen LogP contribution is 2.28. The third kappa shape index (κ3) is 1.39. The molecule has 0 aliphatic carbocycles. The van der Waals surface area contributed by atoms with E-state index in [0.717, 1.165) is 17.9 Å². The van der Waals surface area contributed by atoms with E-state index in [1.165, 1.54) is 7.11 Å². The van der Waals surface area contributed by atoms with Crippen LogP contribution < -0.4 is 10.2 Å². The predicted octanol–water partition coefficient (Wildman–Crippen LogP) is 1.68. The SMILES string of the molecule is COC(=O)N1CCNc2ccccc21. The van der Waals surface area contributed by atoms with Gasteiger partial charge in [-0.1, -0.05) is 12.1 Å². The molecule has 1 aliphatic heterocycles. The maximum absolute atomic E-state index is 11.4. The van der Waals surface area contributed by atoms with E-state index >= 15 is 0 Å². The fraction of sp³-hybridized carbons (Fsp3) is 0.300. The second kappa shape index (κ2) is 3.57. The van der Waals surface area contributed by atoms with Gasteiger partial charge in [0.25, 0.3) is 0 Å². The van der Waals surface area contributed by atoms with Crippen LogP contribution in [0.25, 0.3) is 0 Å². The minimum Gasteiger partial charge on any atom is -0.452 e. The maximum Gasteiger partial charge on any atom is 0.414 e. The summed E-state index contributed by atoms with van der Waals surface area (Å²) in [5, 5.41) is 3.22. The van der Waals surface area contributed by atoms with Crippen molar-refractivity contribution in [1.82, 2.24) is 0 Å². The zero-order valence-electron chi connectivity index (χ0n) is 7.99. The fourth-order valence-corrected chi connectivity index (χ4v) is 1.58. The summed E-state index contributed by atoms with van der Waals surface area (Å²) >= 11 is 0. The molecule has 0 spiro atoms. The lowest BCUT2D eigenvalue weighted by molar-refractivity contribution is 0.178. The van der Waals surface area contributed by atoms with E-state index < -0.39 is 0 Å². The van der Waals surface area contributed by atoms with Crippen molar-refractivity contribution in [1.29, 1.82) is 0 Å². The number of hydrogen-bond acceptors (Lipinski definition) is 3. The summed E-state index contributed by atoms with van der Waals surface area (Å²) in [6, 6.07) is 7.69. The Morgan fingerprint density at radius 2 is 2.29 bits per heavy atom. The number of hydrogen-bond donors (Lipinski definition) is 1. The number of nitrogens with one attached hydrogen (secondary N) is 1. The van der Waals surface area contributed by atoms with Gasteiger partial charge in [0.15, 0.2) is 0 Å². The molecule has 1 amide bonds. The van der Waals surface area contributed by atoms with Crippen molar-refractivity contribution < 1.29 is 9.53 Å². The number of carbonyl (C=O) groups is 1. The Morgan fingerprint density at radius 3 is 3.07 bits per heavy atom. The molecule has 0 saturated heterocycles. The third-order valence-electron chi connectivity index (χ3n) is 2.24. The van der Waals surface area contributed by atoms with Crippen molar-refractivity contribution in [2.45, 2.75) is 0 Å². The summed E-state index contributed by atoms with van der Waals surface area (Å²) in [6.07, 6.45) is -0.307. The molecule has 14 heavy (non-hydrogen) atoms. The highest BCUT2D eigenvalue weighted by atomic mass is 16.5. The Kier molecular flexibility index (Phi) is 2.26. The summed E-state index contributed by atoms with van der Waals surface area (Å²) in [5.41, 5.74) is 1.86. The van der Waals surface area contributed by atoms with E-state index in [0.29, 0.717) is 6.54 Å². The number of methoxy groups -OCH3 is 1. The molecule has 74 valence electrons. The van der Waals surface area contributed by atoms with Crippen molar-refractivity contribution in [3.8, 4) is 0 Å². The molecule has 0 saturated carbocycles. The Hall–Kier alpha value is -1.71. The van der Waals surface area contributed by atoms with Gasteiger partial charge in [-0.2, -0.15) is 0 Å². The van der Waals surface area contributed by atoms with E-state index in [4.69, 9.17) is 4.74 Å². The molecule has 0 unspecified atom stereocenters. The standard InChI is InChI=1S/C10H12N2O2/c1-14-10(13)12-7-6-11-8-4-2-3-5-9(8)12/h2-5,11H,6-7H2,1H3. The van der Waals surface area contributed by atoms with Gasteiger partial charge in [-0.15, -0.1) is 0 Å². The number of para-hydroxylation sites is 2. The number of benzene rings is 1. The zero-order valence-corrected chi connectivity index (χ0v) is 7.99. The van der Waals surface area contributed by atoms with Gasteiger partial charge in [0.2, 0.25) is 0 Å². The number of carbonyl (C=O) groups excluding carboxylic acids is 1. The van der Waals surface area contributed by atoms with E-state index in [9.17, 15) is 4.79 Å². The van der Waals surface area contributed by atoms with Gasteiger partial charge in [-0.3, -0.25) is 4.90 Å². The van der Waals surface area contributed by atoms with Crippen LogP contribution in [0.2, 0.25) is 0 Å². The van der Waals surface area contributed by atoms with Crippen LogP contribution in [-0.2, 0) is 4.74 Å². The van der Waals surface area contributed by atoms with E-state index in [1.54, 1.807) is 4.90 Å². The highest BCUT2D eigenvalue weighted by molar-refractivity contribution is 5.93. The third-order valence-corrected chi connectivity index (χ3v) is 2.24. The van der Waals surface area contributed by atoms with Crippen molar-refractivity contribution in [3.63, 3.8) is 0 Å². The number of fused-ring (bicyclic) bond motifs is 1. The topological polar surface area (TPSA) is 41.6 Å². The molecule has 1 aliphatic rings. The molecule has 0 bridgehead atoms. The van der Waals surface area contributed by atoms with Crippen molar-refractivity contribution in [3.05, 3.63) is 24.3 Å². The number of nitrogens with zero attached hydrogens (tertiary/aromatic N) is 1. The minimum absolute atomic E-state index is 0.307. The highest BCUT2D eigenvalue weighted by Gasteiger charge is 2.21. The second-order valence-electron chi connectivity index (χ2n) is 3.07. The van der Waals surface area contributed by atoms with Crippen molar-refractivity contribution in [2.75, 3.05) is 30.4 Å². The predicted molar refractivity (Wildman–Crippen MR) is 54.7 cm³/mol. The van der Waals surface area contributed by atoms with Gasteiger partial charge in [0.05, 0.1) is 18.5 Å². The van der Waals surface area contributed by atoms with Gasteiger partial charge >= 0.3 is 6.09 Å². The molecule has 1 heterocycles. The van der Waals surface area contributed by atoms with Crippen LogP contribution in [0.5, 0.6) is 0 Å². The summed E-state index contributed by atoms with van der Waals surface area (Å²) in [6.45, 7) is 1.40. The minimum atomic E-state index is -0.307. The first-order chi connectivity index (χ1) is 6.83. The van der Waals surface area contributed by atoms with Crippen LogP contribution in [0.4, 0.5) is 16.2 Å². The van der Waals surface area contributed by atoms with E-state index in [1.807, 2.05) is 24.3 Å². The molecule has 0 aromatic heterocycles. The zero-order chi connectivity index (χ0) is 9.97. The number of anilines is 2. The van der Waals surface area contributed by atoms with Gasteiger partial charge < -0.3 is 10.1 Å². The van der Waals surface area contributed by atoms with Crippen LogP contribution in [0.1, 0.15) is 0 Å².